The lowest BCUT2D eigenvalue weighted by atomic mass is 9.73. The van der Waals surface area contributed by atoms with Gasteiger partial charge in [0.15, 0.2) is 0 Å². The molecule has 21 heavy (non-hydrogen) atoms. The van der Waals surface area contributed by atoms with E-state index < -0.39 is 5.60 Å². The van der Waals surface area contributed by atoms with Gasteiger partial charge in [0.1, 0.15) is 5.60 Å². The van der Waals surface area contributed by atoms with E-state index in [1.54, 1.807) is 11.1 Å². The zero-order chi connectivity index (χ0) is 15.3. The Morgan fingerprint density at radius 2 is 2.00 bits per heavy atom. The summed E-state index contributed by atoms with van der Waals surface area (Å²) in [6.45, 7) is 9.23. The fraction of sp³-hybridized carbons (Fsp3) is 0.600. The maximum absolute atomic E-state index is 11.9. The summed E-state index contributed by atoms with van der Waals surface area (Å²) in [5, 5.41) is 0. The van der Waals surface area contributed by atoms with Crippen LogP contribution in [0.15, 0.2) is 22.9 Å². The van der Waals surface area contributed by atoms with Crippen LogP contribution in [0.4, 0.5) is 10.5 Å². The van der Waals surface area contributed by atoms with Gasteiger partial charge in [-0.25, -0.2) is 4.79 Å². The quantitative estimate of drug-likeness (QED) is 0.778. The van der Waals surface area contributed by atoms with Crippen molar-refractivity contribution in [3.63, 3.8) is 0 Å². The minimum absolute atomic E-state index is 0.198. The topological polar surface area (TPSA) is 45.7 Å². The Hall–Kier alpha value is -1.30. The molecule has 1 spiro atoms. The predicted octanol–water partition coefficient (Wildman–Crippen LogP) is 2.90. The smallest absolute Gasteiger partial charge is 0.410 e. The number of carbonyl (C=O) groups excluding carboxylic acids is 1. The van der Waals surface area contributed by atoms with E-state index in [1.807, 2.05) is 33.0 Å². The van der Waals surface area contributed by atoms with Crippen molar-refractivity contribution >= 4 is 27.7 Å². The van der Waals surface area contributed by atoms with Crippen LogP contribution in [-0.2, 0) is 4.74 Å². The second kappa shape index (κ2) is 4.87. The molecule has 0 saturated carbocycles. The molecule has 0 aromatic carbocycles. The van der Waals surface area contributed by atoms with Gasteiger partial charge in [-0.3, -0.25) is 4.98 Å². The van der Waals surface area contributed by atoms with Gasteiger partial charge in [-0.05, 0) is 42.8 Å². The van der Waals surface area contributed by atoms with Crippen molar-refractivity contribution in [3.05, 3.63) is 22.9 Å². The SMILES string of the molecule is CC(C)(C)OC(=O)N1CC2(C1)CN(c1ccncc1Br)C2. The zero-order valence-corrected chi connectivity index (χ0v) is 14.2. The van der Waals surface area contributed by atoms with Crippen molar-refractivity contribution in [2.24, 2.45) is 5.41 Å². The number of amides is 1. The molecule has 5 nitrogen and oxygen atoms in total. The number of anilines is 1. The lowest BCUT2D eigenvalue weighted by Gasteiger charge is -2.60. The van der Waals surface area contributed by atoms with Gasteiger partial charge in [-0.2, -0.15) is 0 Å². The number of pyridine rings is 1. The number of nitrogens with zero attached hydrogens (tertiary/aromatic N) is 3. The van der Waals surface area contributed by atoms with Gasteiger partial charge in [0.25, 0.3) is 0 Å². The van der Waals surface area contributed by atoms with Gasteiger partial charge in [0.2, 0.25) is 0 Å². The summed E-state index contributed by atoms with van der Waals surface area (Å²) >= 11 is 3.53. The lowest BCUT2D eigenvalue weighted by molar-refractivity contribution is -0.0453. The summed E-state index contributed by atoms with van der Waals surface area (Å²) in [5.74, 6) is 0. The fourth-order valence-corrected chi connectivity index (χ4v) is 3.48. The number of aromatic nitrogens is 1. The van der Waals surface area contributed by atoms with Crippen molar-refractivity contribution in [3.8, 4) is 0 Å². The zero-order valence-electron chi connectivity index (χ0n) is 12.6. The van der Waals surface area contributed by atoms with Gasteiger partial charge in [-0.1, -0.05) is 0 Å². The third-order valence-electron chi connectivity index (χ3n) is 3.85. The van der Waals surface area contributed by atoms with Crippen LogP contribution in [0.1, 0.15) is 20.8 Å². The van der Waals surface area contributed by atoms with Gasteiger partial charge < -0.3 is 14.5 Å². The molecule has 3 rings (SSSR count). The van der Waals surface area contributed by atoms with Crippen LogP contribution in [-0.4, -0.2) is 47.8 Å². The summed E-state index contributed by atoms with van der Waals surface area (Å²) in [6, 6.07) is 2.02. The highest BCUT2D eigenvalue weighted by Crippen LogP contribution is 2.43. The van der Waals surface area contributed by atoms with Crippen LogP contribution in [0.2, 0.25) is 0 Å². The number of halogens is 1. The van der Waals surface area contributed by atoms with Crippen LogP contribution in [0, 0.1) is 5.41 Å². The molecule has 114 valence electrons. The molecule has 2 aliphatic rings. The normalized spacial score (nSPS) is 20.0. The molecule has 3 heterocycles. The maximum Gasteiger partial charge on any atom is 0.410 e. The second-order valence-corrected chi connectivity index (χ2v) is 7.87. The fourth-order valence-electron chi connectivity index (χ4n) is 2.98. The maximum atomic E-state index is 11.9. The number of hydrogen-bond donors (Lipinski definition) is 0. The Morgan fingerprint density at radius 1 is 1.33 bits per heavy atom. The molecule has 0 radical (unpaired) electrons. The lowest BCUT2D eigenvalue weighted by Crippen LogP contribution is -2.73. The predicted molar refractivity (Wildman–Crippen MR) is 84.4 cm³/mol. The van der Waals surface area contributed by atoms with E-state index >= 15 is 0 Å². The van der Waals surface area contributed by atoms with Crippen molar-refractivity contribution in [1.29, 1.82) is 0 Å². The first kappa shape index (κ1) is 14.6. The molecule has 2 saturated heterocycles. The Labute approximate surface area is 133 Å². The van der Waals surface area contributed by atoms with E-state index in [0.717, 1.165) is 30.7 Å². The minimum Gasteiger partial charge on any atom is -0.444 e. The van der Waals surface area contributed by atoms with E-state index in [1.165, 1.54) is 5.69 Å². The third kappa shape index (κ3) is 2.86. The van der Waals surface area contributed by atoms with E-state index in [4.69, 9.17) is 4.74 Å². The summed E-state index contributed by atoms with van der Waals surface area (Å²) in [5.41, 5.74) is 0.999. The molecular weight excluding hydrogens is 334 g/mol. The van der Waals surface area contributed by atoms with Crippen molar-refractivity contribution < 1.29 is 9.53 Å². The Bertz CT molecular complexity index is 556. The Morgan fingerprint density at radius 3 is 2.57 bits per heavy atom. The van der Waals surface area contributed by atoms with Crippen LogP contribution in [0.3, 0.4) is 0 Å². The molecule has 6 heteroatoms. The minimum atomic E-state index is -0.423. The van der Waals surface area contributed by atoms with Gasteiger partial charge in [-0.15, -0.1) is 0 Å². The molecular formula is C15H20BrN3O2. The monoisotopic (exact) mass is 353 g/mol. The number of ether oxygens (including phenoxy) is 1. The van der Waals surface area contributed by atoms with E-state index in [2.05, 4.69) is 25.8 Å². The first-order valence-corrected chi connectivity index (χ1v) is 7.90. The molecule has 1 amide bonds. The number of rotatable bonds is 1. The Kier molecular flexibility index (Phi) is 3.39. The molecule has 1 aromatic rings. The summed E-state index contributed by atoms with van der Waals surface area (Å²) in [4.78, 5) is 20.1. The van der Waals surface area contributed by atoms with Crippen LogP contribution < -0.4 is 4.90 Å². The first-order valence-electron chi connectivity index (χ1n) is 7.10. The number of carbonyl (C=O) groups is 1. The molecule has 2 aliphatic heterocycles. The number of likely N-dealkylation sites (tertiary alicyclic amines) is 1. The second-order valence-electron chi connectivity index (χ2n) is 7.02. The molecule has 0 unspecified atom stereocenters. The largest absolute Gasteiger partial charge is 0.444 e. The Balaban J connectivity index is 1.52. The average molecular weight is 354 g/mol. The van der Waals surface area contributed by atoms with Crippen molar-refractivity contribution in [2.75, 3.05) is 31.1 Å². The summed E-state index contributed by atoms with van der Waals surface area (Å²) < 4.78 is 6.41. The van der Waals surface area contributed by atoms with E-state index in [0.29, 0.717) is 0 Å². The molecule has 2 fully saturated rings. The van der Waals surface area contributed by atoms with Crippen molar-refractivity contribution in [1.82, 2.24) is 9.88 Å². The number of hydrogen-bond acceptors (Lipinski definition) is 4. The summed E-state index contributed by atoms with van der Waals surface area (Å²) in [7, 11) is 0. The average Bonchev–Trinajstić information content (AvgIpc) is 2.25. The highest BCUT2D eigenvalue weighted by Gasteiger charge is 2.54. The molecule has 0 bridgehead atoms. The standard InChI is InChI=1S/C15H20BrN3O2/c1-14(2,3)21-13(20)19-9-15(10-19)7-18(8-15)12-4-5-17-6-11(12)16/h4-6H,7-10H2,1-3H3. The van der Waals surface area contributed by atoms with Gasteiger partial charge in [0.05, 0.1) is 10.2 Å². The van der Waals surface area contributed by atoms with E-state index in [-0.39, 0.29) is 11.5 Å². The highest BCUT2D eigenvalue weighted by molar-refractivity contribution is 9.10. The molecule has 0 N–H and O–H groups in total. The molecule has 1 aromatic heterocycles. The van der Waals surface area contributed by atoms with Crippen LogP contribution in [0.25, 0.3) is 0 Å². The van der Waals surface area contributed by atoms with Crippen LogP contribution in [0.5, 0.6) is 0 Å². The van der Waals surface area contributed by atoms with E-state index in [9.17, 15) is 4.79 Å². The first-order chi connectivity index (χ1) is 9.78. The summed E-state index contributed by atoms with van der Waals surface area (Å²) in [6.07, 6.45) is 3.42. The van der Waals surface area contributed by atoms with Crippen LogP contribution >= 0.6 is 15.9 Å². The van der Waals surface area contributed by atoms with Crippen molar-refractivity contribution in [2.45, 2.75) is 26.4 Å². The van der Waals surface area contributed by atoms with Gasteiger partial charge in [0, 0.05) is 44.0 Å². The highest BCUT2D eigenvalue weighted by atomic mass is 79.9. The third-order valence-corrected chi connectivity index (χ3v) is 4.46. The van der Waals surface area contributed by atoms with Gasteiger partial charge >= 0.3 is 6.09 Å². The molecule has 0 atom stereocenters. The molecule has 0 aliphatic carbocycles.